The number of nitrogens with one attached hydrogen (secondary N) is 3. The summed E-state index contributed by atoms with van der Waals surface area (Å²) in [5.74, 6) is 0.401. The van der Waals surface area contributed by atoms with Crippen LogP contribution in [0.25, 0.3) is 6.08 Å². The van der Waals surface area contributed by atoms with E-state index in [1.807, 2.05) is 58.9 Å². The van der Waals surface area contributed by atoms with Crippen molar-refractivity contribution in [2.75, 3.05) is 32.8 Å². The zero-order valence-electron chi connectivity index (χ0n) is 26.9. The first kappa shape index (κ1) is 31.4. The molecule has 230 valence electrons. The number of Topliss-reactive ketones (excluding diaryl/α,β-unsaturated/α-hetero) is 1. The number of β-amino-alcohol motifs (C(OH)–C–C–N with tert-alkyl or cyclic N) is 1. The molecule has 3 fully saturated rings. The van der Waals surface area contributed by atoms with Crippen LogP contribution in [0.3, 0.4) is 0 Å². The van der Waals surface area contributed by atoms with Crippen LogP contribution in [0, 0.1) is 30.6 Å². The highest BCUT2D eigenvalue weighted by molar-refractivity contribution is 6.23. The fourth-order valence-corrected chi connectivity index (χ4v) is 8.97. The maximum Gasteiger partial charge on any atom is 0.168 e. The summed E-state index contributed by atoms with van der Waals surface area (Å²) in [5, 5.41) is 23.8. The van der Waals surface area contributed by atoms with E-state index in [0.717, 1.165) is 75.5 Å². The van der Waals surface area contributed by atoms with Gasteiger partial charge < -0.3 is 20.1 Å². The number of carbonyl (C=O) groups is 1. The Morgan fingerprint density at radius 2 is 1.84 bits per heavy atom. The summed E-state index contributed by atoms with van der Waals surface area (Å²) in [5.41, 5.74) is 5.84. The molecule has 0 radical (unpaired) electrons. The molecule has 1 aliphatic carbocycles. The first-order valence-electron chi connectivity index (χ1n) is 15.6. The summed E-state index contributed by atoms with van der Waals surface area (Å²) in [6.07, 6.45) is 7.50. The molecule has 1 aromatic carbocycles. The van der Waals surface area contributed by atoms with Crippen molar-refractivity contribution in [3.05, 3.63) is 87.4 Å². The third-order valence-electron chi connectivity index (χ3n) is 10.7. The average Bonchev–Trinajstić information content (AvgIpc) is 3.49. The van der Waals surface area contributed by atoms with E-state index in [4.69, 9.17) is 10.1 Å². The number of hydrogen-bond acceptors (Lipinski definition) is 5. The maximum atomic E-state index is 14.4. The Labute approximate surface area is 259 Å². The van der Waals surface area contributed by atoms with Crippen LogP contribution < -0.4 is 5.32 Å². The molecule has 3 heterocycles. The number of aromatic amines is 1. The van der Waals surface area contributed by atoms with Crippen molar-refractivity contribution in [3.63, 3.8) is 0 Å². The van der Waals surface area contributed by atoms with Crippen molar-refractivity contribution in [2.24, 2.45) is 11.3 Å². The summed E-state index contributed by atoms with van der Waals surface area (Å²) in [6, 6.07) is 10.4. The normalized spacial score (nSPS) is 28.3. The van der Waals surface area contributed by atoms with E-state index in [1.165, 1.54) is 5.56 Å². The largest absolute Gasteiger partial charge is 0.388 e. The number of carbonyl (C=O) groups excluding carboxylic acids is 1. The van der Waals surface area contributed by atoms with Gasteiger partial charge in [-0.15, -0.1) is 0 Å². The Hall–Kier alpha value is -3.04. The van der Waals surface area contributed by atoms with E-state index in [9.17, 15) is 9.90 Å². The second-order valence-electron chi connectivity index (χ2n) is 13.3. The number of H-pyrrole nitrogens is 1. The Balaban J connectivity index is 1.47. The molecule has 2 aromatic rings. The molecule has 2 aliphatic heterocycles. The van der Waals surface area contributed by atoms with Gasteiger partial charge in [-0.2, -0.15) is 0 Å². The Morgan fingerprint density at radius 3 is 2.47 bits per heavy atom. The molecule has 43 heavy (non-hydrogen) atoms. The Morgan fingerprint density at radius 1 is 1.16 bits per heavy atom. The van der Waals surface area contributed by atoms with E-state index in [2.05, 4.69) is 46.4 Å². The van der Waals surface area contributed by atoms with Crippen molar-refractivity contribution >= 4 is 27.9 Å². The number of allylic oxidation sites excluding steroid dienone is 3. The van der Waals surface area contributed by atoms with Crippen LogP contribution in [0.2, 0.25) is 5.04 Å². The second kappa shape index (κ2) is 11.8. The second-order valence-corrected chi connectivity index (χ2v) is 15.1. The van der Waals surface area contributed by atoms with Crippen molar-refractivity contribution in [3.8, 4) is 0 Å². The van der Waals surface area contributed by atoms with Gasteiger partial charge in [-0.25, -0.2) is 0 Å². The van der Waals surface area contributed by atoms with Crippen LogP contribution in [0.15, 0.2) is 59.3 Å². The lowest BCUT2D eigenvalue weighted by Crippen LogP contribution is -2.57. The zero-order chi connectivity index (χ0) is 31.2. The molecule has 0 bridgehead atoms. The number of aromatic nitrogens is 1. The first-order valence-corrected chi connectivity index (χ1v) is 16.6. The lowest BCUT2D eigenvalue weighted by atomic mass is 9.65. The molecule has 0 spiro atoms. The molecule has 0 amide bonds. The molecule has 2 unspecified atom stereocenters. The summed E-state index contributed by atoms with van der Waals surface area (Å²) in [7, 11) is 0.795. The van der Waals surface area contributed by atoms with Crippen molar-refractivity contribution < 1.29 is 14.6 Å². The highest BCUT2D eigenvalue weighted by Gasteiger charge is 2.68. The molecule has 1 aromatic heterocycles. The quantitative estimate of drug-likeness (QED) is 0.251. The minimum Gasteiger partial charge on any atom is -0.388 e. The fourth-order valence-electron chi connectivity index (χ4n) is 7.58. The zero-order valence-corrected chi connectivity index (χ0v) is 28.9. The number of aryl methyl sites for hydroxylation is 1. The number of rotatable bonds is 9. The lowest BCUT2D eigenvalue weighted by molar-refractivity contribution is -0.102. The SMILES string of the molecule is C/C=C1C(=C/c2[nH]c(C)c(C(=O)C3CC3([SiH3])[C@](C)(Cc3ccccc3)[C@@](C)(O)CN3CCOCC3)c2C)/C(=N)NC/1=C/C. The van der Waals surface area contributed by atoms with Crippen LogP contribution in [0.1, 0.15) is 67.0 Å². The number of ether oxygens (including phenoxy) is 1. The summed E-state index contributed by atoms with van der Waals surface area (Å²) in [4.78, 5) is 20.2. The number of ketones is 1. The van der Waals surface area contributed by atoms with Gasteiger partial charge in [-0.05, 0) is 69.7 Å². The molecule has 1 saturated carbocycles. The summed E-state index contributed by atoms with van der Waals surface area (Å²) in [6.45, 7) is 15.7. The average molecular weight is 601 g/mol. The van der Waals surface area contributed by atoms with Gasteiger partial charge in [-0.1, -0.05) is 49.4 Å². The van der Waals surface area contributed by atoms with E-state index in [-0.39, 0.29) is 16.7 Å². The van der Waals surface area contributed by atoms with Crippen LogP contribution in [-0.2, 0) is 11.2 Å². The van der Waals surface area contributed by atoms with E-state index in [0.29, 0.717) is 25.6 Å². The van der Waals surface area contributed by atoms with Gasteiger partial charge in [0, 0.05) is 75.0 Å². The molecule has 3 aliphatic rings. The summed E-state index contributed by atoms with van der Waals surface area (Å²) < 4.78 is 5.58. The molecule has 8 heteroatoms. The fraction of sp³-hybridized carbons (Fsp3) is 0.486. The minimum atomic E-state index is -1.00. The molecule has 7 nitrogen and oxygen atoms in total. The highest BCUT2D eigenvalue weighted by Crippen LogP contribution is 2.72. The topological polar surface area (TPSA) is 101 Å². The number of amidine groups is 1. The van der Waals surface area contributed by atoms with Gasteiger partial charge in [0.15, 0.2) is 5.78 Å². The van der Waals surface area contributed by atoms with Crippen LogP contribution >= 0.6 is 0 Å². The van der Waals surface area contributed by atoms with Gasteiger partial charge >= 0.3 is 0 Å². The molecular formula is C35H48N4O3Si. The number of aliphatic hydroxyl groups is 1. The van der Waals surface area contributed by atoms with Gasteiger partial charge in [0.05, 0.1) is 18.8 Å². The van der Waals surface area contributed by atoms with Crippen LogP contribution in [0.4, 0.5) is 0 Å². The summed E-state index contributed by atoms with van der Waals surface area (Å²) >= 11 is 0. The highest BCUT2D eigenvalue weighted by atomic mass is 28.1. The monoisotopic (exact) mass is 600 g/mol. The van der Waals surface area contributed by atoms with E-state index < -0.39 is 11.0 Å². The third-order valence-corrected chi connectivity index (χ3v) is 12.9. The van der Waals surface area contributed by atoms with E-state index in [1.54, 1.807) is 0 Å². The number of hydrogen-bond donors (Lipinski definition) is 4. The predicted molar refractivity (Wildman–Crippen MR) is 178 cm³/mol. The van der Waals surface area contributed by atoms with Crippen molar-refractivity contribution in [2.45, 2.75) is 65.0 Å². The van der Waals surface area contributed by atoms with Crippen molar-refractivity contribution in [1.82, 2.24) is 15.2 Å². The van der Waals surface area contributed by atoms with Gasteiger partial charge in [0.2, 0.25) is 0 Å². The standard InChI is InChI=1S/C35H48N4O3Si/c1-7-25-26(32(36)38-28(25)8-2)18-29-22(3)30(23(4)37-29)31(40)27-20-35(27,43)33(5,19-24-12-10-9-11-13-24)34(6,41)21-39-14-16-42-17-15-39/h7-13,18,27,37,41H,14-17,19-21H2,1-6,43H3,(H2,36,38)/b25-7-,26-18-,28-8+/t27?,33-,34+,35?/m1/s1. The number of morpholine rings is 1. The number of nitrogens with zero attached hydrogens (tertiary/aromatic N) is 1. The minimum absolute atomic E-state index is 0.134. The smallest absolute Gasteiger partial charge is 0.168 e. The lowest BCUT2D eigenvalue weighted by Gasteiger charge is -2.50. The first-order chi connectivity index (χ1) is 20.4. The van der Waals surface area contributed by atoms with Gasteiger partial charge in [0.1, 0.15) is 5.84 Å². The number of benzene rings is 1. The van der Waals surface area contributed by atoms with Gasteiger partial charge in [-0.3, -0.25) is 15.1 Å². The van der Waals surface area contributed by atoms with Crippen LogP contribution in [-0.4, -0.2) is 75.3 Å². The Bertz CT molecular complexity index is 1500. The van der Waals surface area contributed by atoms with Crippen molar-refractivity contribution in [1.29, 1.82) is 5.41 Å². The molecule has 4 N–H and O–H groups in total. The molecular weight excluding hydrogens is 552 g/mol. The van der Waals surface area contributed by atoms with Crippen LogP contribution in [0.5, 0.6) is 0 Å². The molecule has 2 saturated heterocycles. The maximum absolute atomic E-state index is 14.4. The molecule has 5 rings (SSSR count). The third kappa shape index (κ3) is 5.55. The van der Waals surface area contributed by atoms with Gasteiger partial charge in [0.25, 0.3) is 0 Å². The van der Waals surface area contributed by atoms with E-state index >= 15 is 0 Å². The molecule has 4 atom stereocenters. The Kier molecular flexibility index (Phi) is 8.61. The predicted octanol–water partition coefficient (Wildman–Crippen LogP) is 4.50.